The van der Waals surface area contributed by atoms with Gasteiger partial charge in [-0.15, -0.1) is 0 Å². The van der Waals surface area contributed by atoms with Gasteiger partial charge in [0, 0.05) is 16.8 Å². The van der Waals surface area contributed by atoms with Crippen LogP contribution in [0, 0.1) is 0 Å². The van der Waals surface area contributed by atoms with Crippen LogP contribution in [0.4, 0.5) is 17.1 Å². The lowest BCUT2D eigenvalue weighted by atomic mass is 10.1. The first-order valence-electron chi connectivity index (χ1n) is 5.83. The second-order valence-electron chi connectivity index (χ2n) is 4.23. The van der Waals surface area contributed by atoms with Gasteiger partial charge >= 0.3 is 0 Å². The van der Waals surface area contributed by atoms with Gasteiger partial charge in [-0.2, -0.15) is 0 Å². The number of nitrogen functional groups attached to an aromatic ring is 1. The number of anilines is 3. The molecule has 0 spiro atoms. The quantitative estimate of drug-likeness (QED) is 0.623. The van der Waals surface area contributed by atoms with E-state index in [9.17, 15) is 9.59 Å². The molecule has 0 atom stereocenters. The number of nitrogens with one attached hydrogen (secondary N) is 1. The van der Waals surface area contributed by atoms with E-state index in [1.807, 2.05) is 0 Å². The van der Waals surface area contributed by atoms with Crippen molar-refractivity contribution in [1.29, 1.82) is 0 Å². The molecular weight excluding hydrogens is 256 g/mol. The minimum absolute atomic E-state index is 0.357. The highest BCUT2D eigenvalue weighted by Crippen LogP contribution is 2.24. The van der Waals surface area contributed by atoms with Crippen molar-refractivity contribution in [3.63, 3.8) is 0 Å². The van der Waals surface area contributed by atoms with Crippen LogP contribution in [-0.2, 0) is 0 Å². The molecule has 0 aliphatic rings. The van der Waals surface area contributed by atoms with Gasteiger partial charge in [0.15, 0.2) is 0 Å². The zero-order chi connectivity index (χ0) is 14.7. The molecule has 0 aliphatic carbocycles. The van der Waals surface area contributed by atoms with Gasteiger partial charge in [0.2, 0.25) is 11.8 Å². The molecule has 7 N–H and O–H groups in total. The van der Waals surface area contributed by atoms with E-state index in [4.69, 9.17) is 17.2 Å². The maximum Gasteiger partial charge on any atom is 0.248 e. The topological polar surface area (TPSA) is 124 Å². The summed E-state index contributed by atoms with van der Waals surface area (Å²) in [5, 5.41) is 3.05. The van der Waals surface area contributed by atoms with E-state index in [1.54, 1.807) is 42.5 Å². The highest BCUT2D eigenvalue weighted by Gasteiger charge is 2.06. The van der Waals surface area contributed by atoms with E-state index >= 15 is 0 Å². The first-order chi connectivity index (χ1) is 9.47. The van der Waals surface area contributed by atoms with Gasteiger partial charge in [-0.3, -0.25) is 9.59 Å². The van der Waals surface area contributed by atoms with Crippen LogP contribution in [0.5, 0.6) is 0 Å². The van der Waals surface area contributed by atoms with Crippen LogP contribution in [0.3, 0.4) is 0 Å². The molecule has 0 saturated carbocycles. The van der Waals surface area contributed by atoms with Crippen LogP contribution in [0.15, 0.2) is 42.5 Å². The molecule has 2 rings (SSSR count). The molecule has 0 heterocycles. The Hall–Kier alpha value is -3.02. The van der Waals surface area contributed by atoms with Crippen molar-refractivity contribution >= 4 is 28.9 Å². The first kappa shape index (κ1) is 13.4. The van der Waals surface area contributed by atoms with Crippen molar-refractivity contribution in [3.05, 3.63) is 53.6 Å². The number of nitrogens with two attached hydrogens (primary N) is 3. The Balaban J connectivity index is 2.27. The van der Waals surface area contributed by atoms with Gasteiger partial charge in [-0.05, 0) is 42.5 Å². The number of primary amides is 2. The lowest BCUT2D eigenvalue weighted by Gasteiger charge is -2.10. The van der Waals surface area contributed by atoms with Crippen molar-refractivity contribution in [2.24, 2.45) is 11.5 Å². The van der Waals surface area contributed by atoms with Crippen molar-refractivity contribution in [3.8, 4) is 0 Å². The van der Waals surface area contributed by atoms with Gasteiger partial charge in [-0.25, -0.2) is 0 Å². The van der Waals surface area contributed by atoms with E-state index < -0.39 is 11.8 Å². The van der Waals surface area contributed by atoms with Gasteiger partial charge < -0.3 is 22.5 Å². The molecule has 2 aromatic rings. The first-order valence-corrected chi connectivity index (χ1v) is 5.83. The summed E-state index contributed by atoms with van der Waals surface area (Å²) in [6, 6.07) is 11.3. The summed E-state index contributed by atoms with van der Waals surface area (Å²) in [7, 11) is 0. The fourth-order valence-corrected chi connectivity index (χ4v) is 1.69. The predicted molar refractivity (Wildman–Crippen MR) is 77.6 cm³/mol. The number of carbonyl (C=O) groups is 2. The number of rotatable bonds is 4. The van der Waals surface area contributed by atoms with E-state index in [0.29, 0.717) is 28.2 Å². The Morgan fingerprint density at radius 1 is 0.850 bits per heavy atom. The third-order valence-corrected chi connectivity index (χ3v) is 2.79. The lowest BCUT2D eigenvalue weighted by molar-refractivity contribution is 0.0992. The Morgan fingerprint density at radius 2 is 1.40 bits per heavy atom. The van der Waals surface area contributed by atoms with Gasteiger partial charge in [0.05, 0.1) is 11.4 Å². The largest absolute Gasteiger partial charge is 0.397 e. The molecular formula is C14H14N4O2. The molecule has 0 aliphatic heterocycles. The minimum Gasteiger partial charge on any atom is -0.397 e. The minimum atomic E-state index is -0.530. The molecule has 0 unspecified atom stereocenters. The third-order valence-electron chi connectivity index (χ3n) is 2.79. The molecule has 0 saturated heterocycles. The van der Waals surface area contributed by atoms with Crippen molar-refractivity contribution < 1.29 is 9.59 Å². The van der Waals surface area contributed by atoms with E-state index in [1.165, 1.54) is 0 Å². The molecule has 6 nitrogen and oxygen atoms in total. The molecule has 6 heteroatoms. The van der Waals surface area contributed by atoms with E-state index in [2.05, 4.69) is 5.32 Å². The second kappa shape index (κ2) is 5.31. The molecule has 102 valence electrons. The van der Waals surface area contributed by atoms with Crippen LogP contribution in [-0.4, -0.2) is 11.8 Å². The maximum absolute atomic E-state index is 11.1. The molecule has 20 heavy (non-hydrogen) atoms. The Bertz CT molecular complexity index is 665. The van der Waals surface area contributed by atoms with Crippen molar-refractivity contribution in [2.75, 3.05) is 11.1 Å². The van der Waals surface area contributed by atoms with Crippen LogP contribution in [0.2, 0.25) is 0 Å². The third kappa shape index (κ3) is 2.86. The highest BCUT2D eigenvalue weighted by atomic mass is 16.1. The zero-order valence-corrected chi connectivity index (χ0v) is 10.6. The summed E-state index contributed by atoms with van der Waals surface area (Å²) in [5.41, 5.74) is 18.7. The number of carbonyl (C=O) groups excluding carboxylic acids is 2. The molecule has 2 aromatic carbocycles. The fourth-order valence-electron chi connectivity index (χ4n) is 1.69. The molecule has 0 fully saturated rings. The molecule has 0 aromatic heterocycles. The monoisotopic (exact) mass is 270 g/mol. The SMILES string of the molecule is NC(=O)c1ccc(Nc2cc(C(N)=O)ccc2N)cc1. The summed E-state index contributed by atoms with van der Waals surface area (Å²) >= 11 is 0. The lowest BCUT2D eigenvalue weighted by Crippen LogP contribution is -2.12. The summed E-state index contributed by atoms with van der Waals surface area (Å²) in [5.74, 6) is -1.02. The van der Waals surface area contributed by atoms with Crippen LogP contribution in [0.1, 0.15) is 20.7 Å². The van der Waals surface area contributed by atoms with Gasteiger partial charge in [0.25, 0.3) is 0 Å². The summed E-state index contributed by atoms with van der Waals surface area (Å²) < 4.78 is 0. The predicted octanol–water partition coefficient (Wildman–Crippen LogP) is 1.21. The molecule has 2 amide bonds. The van der Waals surface area contributed by atoms with Crippen molar-refractivity contribution in [1.82, 2.24) is 0 Å². The van der Waals surface area contributed by atoms with Gasteiger partial charge in [0.1, 0.15) is 0 Å². The average molecular weight is 270 g/mol. The summed E-state index contributed by atoms with van der Waals surface area (Å²) in [4.78, 5) is 22.1. The Morgan fingerprint density at radius 3 is 1.95 bits per heavy atom. The summed E-state index contributed by atoms with van der Waals surface area (Å²) in [6.45, 7) is 0. The van der Waals surface area contributed by atoms with Crippen LogP contribution in [0.25, 0.3) is 0 Å². The second-order valence-corrected chi connectivity index (χ2v) is 4.23. The standard InChI is InChI=1S/C14H14N4O2/c15-11-6-3-9(14(17)20)7-12(11)18-10-4-1-8(2-5-10)13(16)19/h1-7,18H,15H2,(H2,16,19)(H2,17,20). The number of hydrogen-bond donors (Lipinski definition) is 4. The summed E-state index contributed by atoms with van der Waals surface area (Å²) in [6.07, 6.45) is 0. The Labute approximate surface area is 115 Å². The average Bonchev–Trinajstić information content (AvgIpc) is 2.41. The smallest absolute Gasteiger partial charge is 0.248 e. The number of benzene rings is 2. The Kier molecular flexibility index (Phi) is 3.56. The number of hydrogen-bond acceptors (Lipinski definition) is 4. The number of amides is 2. The fraction of sp³-hybridized carbons (Fsp3) is 0. The zero-order valence-electron chi connectivity index (χ0n) is 10.6. The normalized spacial score (nSPS) is 10.0. The maximum atomic E-state index is 11.1. The van der Waals surface area contributed by atoms with Crippen molar-refractivity contribution in [2.45, 2.75) is 0 Å². The van der Waals surface area contributed by atoms with E-state index in [0.717, 1.165) is 0 Å². The van der Waals surface area contributed by atoms with Gasteiger partial charge in [-0.1, -0.05) is 0 Å². The van der Waals surface area contributed by atoms with Crippen LogP contribution >= 0.6 is 0 Å². The van der Waals surface area contributed by atoms with E-state index in [-0.39, 0.29) is 0 Å². The molecule has 0 radical (unpaired) electrons. The molecule has 0 bridgehead atoms. The highest BCUT2D eigenvalue weighted by molar-refractivity contribution is 5.95. The van der Waals surface area contributed by atoms with Crippen LogP contribution < -0.4 is 22.5 Å².